The average molecular weight is 287 g/mol. The maximum atomic E-state index is 13.1. The van der Waals surface area contributed by atoms with Crippen LogP contribution >= 0.6 is 15.9 Å². The van der Waals surface area contributed by atoms with E-state index in [4.69, 9.17) is 5.73 Å². The summed E-state index contributed by atoms with van der Waals surface area (Å²) in [5.41, 5.74) is 5.86. The number of halogens is 2. The zero-order chi connectivity index (χ0) is 11.9. The Labute approximate surface area is 102 Å². The molecular weight excluding hydrogens is 275 g/mol. The molecule has 5 heteroatoms. The summed E-state index contributed by atoms with van der Waals surface area (Å²) in [7, 11) is 1.76. The molecule has 2 rings (SSSR count). The number of anilines is 1. The lowest BCUT2D eigenvalue weighted by molar-refractivity contribution is 0.0784. The molecule has 1 amide bonds. The number of carbonyl (C=O) groups excluding carboxylic acids is 1. The molecule has 0 aromatic heterocycles. The molecule has 16 heavy (non-hydrogen) atoms. The Morgan fingerprint density at radius 3 is 2.75 bits per heavy atom. The van der Waals surface area contributed by atoms with Gasteiger partial charge in [-0.1, -0.05) is 0 Å². The van der Waals surface area contributed by atoms with Gasteiger partial charge in [0.1, 0.15) is 5.82 Å². The highest BCUT2D eigenvalue weighted by Crippen LogP contribution is 2.29. The average Bonchev–Trinajstić information content (AvgIpc) is 3.05. The van der Waals surface area contributed by atoms with E-state index in [0.29, 0.717) is 16.1 Å². The van der Waals surface area contributed by atoms with Gasteiger partial charge in [0.25, 0.3) is 5.91 Å². The highest BCUT2D eigenvalue weighted by atomic mass is 79.9. The number of nitrogens with zero attached hydrogens (tertiary/aromatic N) is 1. The van der Waals surface area contributed by atoms with Crippen molar-refractivity contribution in [3.63, 3.8) is 0 Å². The monoisotopic (exact) mass is 286 g/mol. The first-order valence-electron chi connectivity index (χ1n) is 5.02. The minimum absolute atomic E-state index is 0.00394. The largest absolute Gasteiger partial charge is 0.396 e. The van der Waals surface area contributed by atoms with Crippen molar-refractivity contribution < 1.29 is 9.18 Å². The van der Waals surface area contributed by atoms with Crippen LogP contribution in [0.15, 0.2) is 16.6 Å². The molecule has 1 aromatic carbocycles. The molecule has 0 bridgehead atoms. The fourth-order valence-electron chi connectivity index (χ4n) is 1.55. The van der Waals surface area contributed by atoms with E-state index >= 15 is 0 Å². The predicted octanol–water partition coefficient (Wildman–Crippen LogP) is 2.40. The number of hydrogen-bond donors (Lipinski definition) is 1. The molecule has 1 aromatic rings. The van der Waals surface area contributed by atoms with Gasteiger partial charge in [-0.25, -0.2) is 4.39 Å². The van der Waals surface area contributed by atoms with E-state index in [0.717, 1.165) is 12.8 Å². The molecule has 0 heterocycles. The van der Waals surface area contributed by atoms with Crippen molar-refractivity contribution in [2.45, 2.75) is 18.9 Å². The van der Waals surface area contributed by atoms with Crippen molar-refractivity contribution in [3.05, 3.63) is 28.0 Å². The first kappa shape index (κ1) is 11.4. The van der Waals surface area contributed by atoms with Gasteiger partial charge in [-0.2, -0.15) is 0 Å². The van der Waals surface area contributed by atoms with E-state index in [1.54, 1.807) is 11.9 Å². The zero-order valence-corrected chi connectivity index (χ0v) is 10.4. The second-order valence-electron chi connectivity index (χ2n) is 4.00. The van der Waals surface area contributed by atoms with Crippen LogP contribution in [0.4, 0.5) is 10.1 Å². The number of amides is 1. The van der Waals surface area contributed by atoms with Gasteiger partial charge in [-0.05, 0) is 40.9 Å². The van der Waals surface area contributed by atoms with E-state index in [2.05, 4.69) is 15.9 Å². The van der Waals surface area contributed by atoms with Crippen LogP contribution in [0, 0.1) is 5.82 Å². The lowest BCUT2D eigenvalue weighted by Crippen LogP contribution is -2.29. The van der Waals surface area contributed by atoms with Crippen LogP contribution in [-0.2, 0) is 0 Å². The molecule has 3 nitrogen and oxygen atoms in total. The van der Waals surface area contributed by atoms with Crippen LogP contribution in [0.2, 0.25) is 0 Å². The van der Waals surface area contributed by atoms with Crippen molar-refractivity contribution in [3.8, 4) is 0 Å². The molecule has 0 saturated heterocycles. The lowest BCUT2D eigenvalue weighted by atomic mass is 10.1. The number of benzene rings is 1. The topological polar surface area (TPSA) is 46.3 Å². The zero-order valence-electron chi connectivity index (χ0n) is 8.84. The summed E-state index contributed by atoms with van der Waals surface area (Å²) >= 11 is 3.18. The summed E-state index contributed by atoms with van der Waals surface area (Å²) in [4.78, 5) is 13.7. The van der Waals surface area contributed by atoms with Crippen LogP contribution in [-0.4, -0.2) is 23.9 Å². The second kappa shape index (κ2) is 4.05. The third-order valence-electron chi connectivity index (χ3n) is 2.73. The Morgan fingerprint density at radius 1 is 1.56 bits per heavy atom. The molecule has 0 atom stereocenters. The Balaban J connectivity index is 2.32. The van der Waals surface area contributed by atoms with E-state index < -0.39 is 5.82 Å². The summed E-state index contributed by atoms with van der Waals surface area (Å²) in [6.45, 7) is 0. The summed E-state index contributed by atoms with van der Waals surface area (Å²) in [5, 5.41) is 0. The maximum absolute atomic E-state index is 13.1. The third-order valence-corrected chi connectivity index (χ3v) is 3.39. The molecule has 0 unspecified atom stereocenters. The number of nitrogen functional groups attached to an aromatic ring is 1. The fraction of sp³-hybridized carbons (Fsp3) is 0.364. The van der Waals surface area contributed by atoms with Gasteiger partial charge in [-0.15, -0.1) is 0 Å². The van der Waals surface area contributed by atoms with E-state index in [9.17, 15) is 9.18 Å². The predicted molar refractivity (Wildman–Crippen MR) is 63.6 cm³/mol. The normalized spacial score (nSPS) is 14.9. The van der Waals surface area contributed by atoms with E-state index in [1.165, 1.54) is 12.1 Å². The minimum atomic E-state index is -0.516. The highest BCUT2D eigenvalue weighted by Gasteiger charge is 2.31. The van der Waals surface area contributed by atoms with Gasteiger partial charge in [0, 0.05) is 17.6 Å². The summed E-state index contributed by atoms with van der Waals surface area (Å²) < 4.78 is 13.6. The van der Waals surface area contributed by atoms with Gasteiger partial charge in [0.05, 0.1) is 11.3 Å². The lowest BCUT2D eigenvalue weighted by Gasteiger charge is -2.17. The first-order chi connectivity index (χ1) is 7.50. The highest BCUT2D eigenvalue weighted by molar-refractivity contribution is 9.10. The third kappa shape index (κ3) is 2.04. The van der Waals surface area contributed by atoms with E-state index in [-0.39, 0.29) is 11.6 Å². The summed E-state index contributed by atoms with van der Waals surface area (Å²) in [6, 6.07) is 2.93. The van der Waals surface area contributed by atoms with Crippen molar-refractivity contribution in [1.82, 2.24) is 4.90 Å². The van der Waals surface area contributed by atoms with Gasteiger partial charge < -0.3 is 10.6 Å². The molecule has 1 aliphatic carbocycles. The quantitative estimate of drug-likeness (QED) is 0.849. The minimum Gasteiger partial charge on any atom is -0.396 e. The number of carbonyl (C=O) groups is 1. The Morgan fingerprint density at radius 2 is 2.19 bits per heavy atom. The van der Waals surface area contributed by atoms with Crippen molar-refractivity contribution >= 4 is 27.5 Å². The van der Waals surface area contributed by atoms with Gasteiger partial charge in [-0.3, -0.25) is 4.79 Å². The summed E-state index contributed by atoms with van der Waals surface area (Å²) in [6.07, 6.45) is 2.08. The van der Waals surface area contributed by atoms with Crippen LogP contribution < -0.4 is 5.73 Å². The molecule has 0 radical (unpaired) electrons. The molecule has 1 saturated carbocycles. The first-order valence-corrected chi connectivity index (χ1v) is 5.81. The maximum Gasteiger partial charge on any atom is 0.255 e. The van der Waals surface area contributed by atoms with E-state index in [1.807, 2.05) is 0 Å². The fourth-order valence-corrected chi connectivity index (χ4v) is 2.03. The van der Waals surface area contributed by atoms with Crippen molar-refractivity contribution in [2.75, 3.05) is 12.8 Å². The van der Waals surface area contributed by atoms with Crippen molar-refractivity contribution in [1.29, 1.82) is 0 Å². The Hall–Kier alpha value is -1.10. The van der Waals surface area contributed by atoms with Crippen LogP contribution in [0.1, 0.15) is 23.2 Å². The number of nitrogens with two attached hydrogens (primary N) is 1. The number of hydrogen-bond acceptors (Lipinski definition) is 2. The molecular formula is C11H12BrFN2O. The Bertz CT molecular complexity index is 446. The molecule has 1 aliphatic rings. The molecule has 0 spiro atoms. The SMILES string of the molecule is CN(C(=O)c1cc(N)c(F)cc1Br)C1CC1. The van der Waals surface area contributed by atoms with Gasteiger partial charge >= 0.3 is 0 Å². The van der Waals surface area contributed by atoms with Gasteiger partial charge in [0.2, 0.25) is 0 Å². The van der Waals surface area contributed by atoms with Crippen LogP contribution in [0.3, 0.4) is 0 Å². The van der Waals surface area contributed by atoms with Crippen LogP contribution in [0.5, 0.6) is 0 Å². The summed E-state index contributed by atoms with van der Waals surface area (Å²) in [5.74, 6) is -0.640. The van der Waals surface area contributed by atoms with Crippen molar-refractivity contribution in [2.24, 2.45) is 0 Å². The molecule has 86 valence electrons. The molecule has 1 fully saturated rings. The smallest absolute Gasteiger partial charge is 0.255 e. The number of rotatable bonds is 2. The van der Waals surface area contributed by atoms with Gasteiger partial charge in [0.15, 0.2) is 0 Å². The second-order valence-corrected chi connectivity index (χ2v) is 4.86. The van der Waals surface area contributed by atoms with Crippen LogP contribution in [0.25, 0.3) is 0 Å². The standard InChI is InChI=1S/C11H12BrFN2O/c1-15(6-2-3-6)11(16)7-4-10(14)9(13)5-8(7)12/h4-6H,2-3,14H2,1H3. The Kier molecular flexibility index (Phi) is 2.88. The molecule has 2 N–H and O–H groups in total. The molecule has 0 aliphatic heterocycles.